The number of hydrogen-bond acceptors (Lipinski definition) is 3. The van der Waals surface area contributed by atoms with Crippen LogP contribution in [0.25, 0.3) is 21.0 Å². The summed E-state index contributed by atoms with van der Waals surface area (Å²) in [5.41, 5.74) is 2.03. The standard InChI is InChI=1S/C14H13NOS/c1-8-7-11-9(2)15-13-10(14(11)17-8)5-4-6-12(13)16-3/h4-7H,1-3H3. The molecule has 0 N–H and O–H groups in total. The second-order valence-electron chi connectivity index (χ2n) is 4.15. The minimum atomic E-state index is 0.846. The number of benzene rings is 1. The van der Waals surface area contributed by atoms with E-state index in [1.165, 1.54) is 20.3 Å². The molecule has 1 aromatic carbocycles. The topological polar surface area (TPSA) is 22.1 Å². The van der Waals surface area contributed by atoms with Crippen molar-refractivity contribution in [3.63, 3.8) is 0 Å². The third-order valence-corrected chi connectivity index (χ3v) is 4.07. The number of aromatic nitrogens is 1. The minimum Gasteiger partial charge on any atom is -0.494 e. The average Bonchev–Trinajstić information content (AvgIpc) is 2.71. The van der Waals surface area contributed by atoms with E-state index in [2.05, 4.69) is 31.0 Å². The van der Waals surface area contributed by atoms with Crippen molar-refractivity contribution < 1.29 is 4.74 Å². The lowest BCUT2D eigenvalue weighted by Crippen LogP contribution is -1.90. The molecule has 17 heavy (non-hydrogen) atoms. The van der Waals surface area contributed by atoms with Gasteiger partial charge in [-0.1, -0.05) is 12.1 Å². The van der Waals surface area contributed by atoms with Crippen molar-refractivity contribution in [3.05, 3.63) is 34.8 Å². The predicted octanol–water partition coefficient (Wildman–Crippen LogP) is 4.07. The highest BCUT2D eigenvalue weighted by Gasteiger charge is 2.11. The van der Waals surface area contributed by atoms with Crippen molar-refractivity contribution >= 4 is 32.3 Å². The van der Waals surface area contributed by atoms with E-state index in [1.807, 2.05) is 23.5 Å². The van der Waals surface area contributed by atoms with Crippen LogP contribution in [-0.2, 0) is 0 Å². The van der Waals surface area contributed by atoms with E-state index in [9.17, 15) is 0 Å². The van der Waals surface area contributed by atoms with Gasteiger partial charge in [0.2, 0.25) is 0 Å². The second kappa shape index (κ2) is 3.70. The third kappa shape index (κ3) is 1.50. The maximum absolute atomic E-state index is 5.38. The molecule has 0 saturated heterocycles. The number of aryl methyl sites for hydroxylation is 2. The van der Waals surface area contributed by atoms with Gasteiger partial charge < -0.3 is 4.74 Å². The molecule has 0 aliphatic rings. The zero-order valence-corrected chi connectivity index (χ0v) is 10.9. The van der Waals surface area contributed by atoms with Crippen LogP contribution < -0.4 is 4.74 Å². The highest BCUT2D eigenvalue weighted by Crippen LogP contribution is 2.36. The summed E-state index contributed by atoms with van der Waals surface area (Å²) in [6, 6.07) is 8.30. The van der Waals surface area contributed by atoms with Gasteiger partial charge in [0.25, 0.3) is 0 Å². The number of rotatable bonds is 1. The van der Waals surface area contributed by atoms with E-state index < -0.39 is 0 Å². The van der Waals surface area contributed by atoms with Crippen LogP contribution in [0.2, 0.25) is 0 Å². The van der Waals surface area contributed by atoms with Crippen LogP contribution >= 0.6 is 11.3 Å². The van der Waals surface area contributed by atoms with E-state index in [-0.39, 0.29) is 0 Å². The van der Waals surface area contributed by atoms with Crippen LogP contribution in [0.15, 0.2) is 24.3 Å². The molecule has 2 heterocycles. The zero-order valence-electron chi connectivity index (χ0n) is 10.1. The molecule has 0 spiro atoms. The molecular weight excluding hydrogens is 230 g/mol. The molecule has 3 rings (SSSR count). The molecule has 0 fully saturated rings. The fourth-order valence-electron chi connectivity index (χ4n) is 2.20. The molecule has 0 amide bonds. The first-order chi connectivity index (χ1) is 8.20. The number of para-hydroxylation sites is 1. The summed E-state index contributed by atoms with van der Waals surface area (Å²) in [5, 5.41) is 2.44. The molecule has 0 atom stereocenters. The summed E-state index contributed by atoms with van der Waals surface area (Å²) in [4.78, 5) is 5.99. The molecule has 2 nitrogen and oxygen atoms in total. The molecule has 3 aromatic rings. The molecule has 0 unspecified atom stereocenters. The Kier molecular flexibility index (Phi) is 2.30. The highest BCUT2D eigenvalue weighted by atomic mass is 32.1. The normalized spacial score (nSPS) is 11.2. The summed E-state index contributed by atoms with van der Waals surface area (Å²) in [6.07, 6.45) is 0. The van der Waals surface area contributed by atoms with Gasteiger partial charge >= 0.3 is 0 Å². The Balaban J connectivity index is 2.56. The quantitative estimate of drug-likeness (QED) is 0.642. The first-order valence-corrected chi connectivity index (χ1v) is 6.36. The van der Waals surface area contributed by atoms with Gasteiger partial charge in [-0.25, -0.2) is 4.98 Å². The van der Waals surface area contributed by atoms with E-state index >= 15 is 0 Å². The third-order valence-electron chi connectivity index (χ3n) is 2.99. The number of pyridine rings is 1. The van der Waals surface area contributed by atoms with Gasteiger partial charge in [0.1, 0.15) is 11.3 Å². The monoisotopic (exact) mass is 243 g/mol. The molecule has 2 aromatic heterocycles. The summed E-state index contributed by atoms with van der Waals surface area (Å²) < 4.78 is 6.69. The van der Waals surface area contributed by atoms with Crippen LogP contribution in [0.5, 0.6) is 5.75 Å². The smallest absolute Gasteiger partial charge is 0.145 e. The van der Waals surface area contributed by atoms with Gasteiger partial charge in [-0.3, -0.25) is 0 Å². The van der Waals surface area contributed by atoms with Gasteiger partial charge in [0, 0.05) is 26.0 Å². The van der Waals surface area contributed by atoms with Crippen molar-refractivity contribution in [1.29, 1.82) is 0 Å². The van der Waals surface area contributed by atoms with Crippen LogP contribution in [0.1, 0.15) is 10.6 Å². The molecule has 3 heteroatoms. The lowest BCUT2D eigenvalue weighted by Gasteiger charge is -2.06. The summed E-state index contributed by atoms with van der Waals surface area (Å²) in [6.45, 7) is 4.19. The van der Waals surface area contributed by atoms with Crippen LogP contribution in [0.4, 0.5) is 0 Å². The number of ether oxygens (including phenoxy) is 1. The molecule has 86 valence electrons. The maximum Gasteiger partial charge on any atom is 0.145 e. The first-order valence-electron chi connectivity index (χ1n) is 5.54. The Bertz CT molecular complexity index is 715. The summed E-state index contributed by atoms with van der Waals surface area (Å²) in [7, 11) is 1.69. The van der Waals surface area contributed by atoms with Crippen molar-refractivity contribution in [3.8, 4) is 5.75 Å². The summed E-state index contributed by atoms with van der Waals surface area (Å²) >= 11 is 1.82. The molecule has 0 bridgehead atoms. The Morgan fingerprint density at radius 1 is 1.18 bits per heavy atom. The number of nitrogens with zero attached hydrogens (tertiary/aromatic N) is 1. The van der Waals surface area contributed by atoms with Crippen LogP contribution in [0.3, 0.4) is 0 Å². The maximum atomic E-state index is 5.38. The van der Waals surface area contributed by atoms with Gasteiger partial charge in [-0.15, -0.1) is 11.3 Å². The van der Waals surface area contributed by atoms with E-state index in [0.717, 1.165) is 17.0 Å². The SMILES string of the molecule is COc1cccc2c1nc(C)c1cc(C)sc12. The molecule has 0 saturated carbocycles. The van der Waals surface area contributed by atoms with Crippen molar-refractivity contribution in [1.82, 2.24) is 4.98 Å². The van der Waals surface area contributed by atoms with Gasteiger partial charge in [-0.05, 0) is 26.0 Å². The molecule has 0 aliphatic heterocycles. The molecule has 0 radical (unpaired) electrons. The highest BCUT2D eigenvalue weighted by molar-refractivity contribution is 7.20. The fourth-order valence-corrected chi connectivity index (χ4v) is 3.29. The first kappa shape index (κ1) is 10.5. The average molecular weight is 243 g/mol. The lowest BCUT2D eigenvalue weighted by molar-refractivity contribution is 0.419. The number of thiophene rings is 1. The van der Waals surface area contributed by atoms with E-state index in [4.69, 9.17) is 4.74 Å². The van der Waals surface area contributed by atoms with E-state index in [1.54, 1.807) is 7.11 Å². The molecule has 0 aliphatic carbocycles. The van der Waals surface area contributed by atoms with Gasteiger partial charge in [0.15, 0.2) is 0 Å². The van der Waals surface area contributed by atoms with Crippen LogP contribution in [-0.4, -0.2) is 12.1 Å². The largest absolute Gasteiger partial charge is 0.494 e. The van der Waals surface area contributed by atoms with Crippen molar-refractivity contribution in [2.24, 2.45) is 0 Å². The summed E-state index contributed by atoms with van der Waals surface area (Å²) in [5.74, 6) is 0.846. The fraction of sp³-hybridized carbons (Fsp3) is 0.214. The Morgan fingerprint density at radius 2 is 2.00 bits per heavy atom. The lowest BCUT2D eigenvalue weighted by atomic mass is 10.1. The van der Waals surface area contributed by atoms with Gasteiger partial charge in [-0.2, -0.15) is 0 Å². The predicted molar refractivity (Wildman–Crippen MR) is 73.2 cm³/mol. The van der Waals surface area contributed by atoms with Crippen molar-refractivity contribution in [2.45, 2.75) is 13.8 Å². The number of hydrogen-bond donors (Lipinski definition) is 0. The Labute approximate surface area is 104 Å². The number of methoxy groups -OCH3 is 1. The zero-order chi connectivity index (χ0) is 12.0. The van der Waals surface area contributed by atoms with E-state index in [0.29, 0.717) is 0 Å². The number of fused-ring (bicyclic) bond motifs is 3. The molecular formula is C14H13NOS. The van der Waals surface area contributed by atoms with Gasteiger partial charge in [0.05, 0.1) is 7.11 Å². The second-order valence-corrected chi connectivity index (χ2v) is 5.41. The Morgan fingerprint density at radius 3 is 2.76 bits per heavy atom. The van der Waals surface area contributed by atoms with Crippen LogP contribution in [0, 0.1) is 13.8 Å². The Hall–Kier alpha value is -1.61. The van der Waals surface area contributed by atoms with Crippen molar-refractivity contribution in [2.75, 3.05) is 7.11 Å². The minimum absolute atomic E-state index is 0.846.